The normalized spacial score (nSPS) is 12.8. The van der Waals surface area contributed by atoms with Gasteiger partial charge in [0.15, 0.2) is 6.10 Å². The predicted octanol–water partition coefficient (Wildman–Crippen LogP) is 4.73. The standard InChI is InChI=1S/C21H42NO3/c1-6-8-9-10-11-12-13-14-15-16-17-24-19-20(18-22(3,4)5)25-21(23)7-2/h7,20H,2,6,8-19H2,1,3-5H3/q+1. The molecule has 0 saturated carbocycles. The Labute approximate surface area is 156 Å². The zero-order chi connectivity index (χ0) is 19.0. The molecule has 0 aliphatic rings. The average molecular weight is 357 g/mol. The summed E-state index contributed by atoms with van der Waals surface area (Å²) in [6.07, 6.45) is 14.2. The monoisotopic (exact) mass is 356 g/mol. The third kappa shape index (κ3) is 17.7. The summed E-state index contributed by atoms with van der Waals surface area (Å²) in [4.78, 5) is 11.4. The SMILES string of the molecule is C=CC(=O)OC(COCCCCCCCCCCCC)C[N+](C)(C)C. The first-order chi connectivity index (χ1) is 11.9. The van der Waals surface area contributed by atoms with Crippen molar-refractivity contribution in [2.24, 2.45) is 0 Å². The predicted molar refractivity (Wildman–Crippen MR) is 106 cm³/mol. The zero-order valence-electron chi connectivity index (χ0n) is 17.2. The molecule has 0 bridgehead atoms. The van der Waals surface area contributed by atoms with Crippen molar-refractivity contribution in [1.82, 2.24) is 0 Å². The summed E-state index contributed by atoms with van der Waals surface area (Å²) in [5.74, 6) is -0.374. The van der Waals surface area contributed by atoms with Crippen LogP contribution in [-0.2, 0) is 14.3 Å². The maximum Gasteiger partial charge on any atom is 0.330 e. The van der Waals surface area contributed by atoms with E-state index in [1.54, 1.807) is 0 Å². The highest BCUT2D eigenvalue weighted by molar-refractivity contribution is 5.81. The first-order valence-electron chi connectivity index (χ1n) is 10.1. The Kier molecular flexibility index (Phi) is 14.9. The van der Waals surface area contributed by atoms with Crippen LogP contribution in [0.4, 0.5) is 0 Å². The molecule has 0 aliphatic heterocycles. The summed E-state index contributed by atoms with van der Waals surface area (Å²) in [7, 11) is 6.24. The molecule has 1 atom stereocenters. The maximum absolute atomic E-state index is 11.4. The van der Waals surface area contributed by atoms with E-state index in [-0.39, 0.29) is 12.1 Å². The summed E-state index contributed by atoms with van der Waals surface area (Å²) in [6.45, 7) is 7.66. The Bertz CT molecular complexity index is 337. The summed E-state index contributed by atoms with van der Waals surface area (Å²) in [5, 5.41) is 0. The lowest BCUT2D eigenvalue weighted by Crippen LogP contribution is -2.44. The van der Waals surface area contributed by atoms with Gasteiger partial charge in [-0.15, -0.1) is 0 Å². The van der Waals surface area contributed by atoms with Crippen LogP contribution in [0.15, 0.2) is 12.7 Å². The van der Waals surface area contributed by atoms with Crippen molar-refractivity contribution in [2.45, 2.75) is 77.2 Å². The van der Waals surface area contributed by atoms with Crippen LogP contribution < -0.4 is 0 Å². The van der Waals surface area contributed by atoms with Crippen molar-refractivity contribution in [2.75, 3.05) is 40.9 Å². The van der Waals surface area contributed by atoms with E-state index >= 15 is 0 Å². The Hall–Kier alpha value is -0.870. The molecule has 0 amide bonds. The number of nitrogens with zero attached hydrogens (tertiary/aromatic N) is 1. The number of hydrogen-bond acceptors (Lipinski definition) is 3. The molecule has 25 heavy (non-hydrogen) atoms. The largest absolute Gasteiger partial charge is 0.451 e. The van der Waals surface area contributed by atoms with Crippen molar-refractivity contribution in [3.8, 4) is 0 Å². The summed E-state index contributed by atoms with van der Waals surface area (Å²) >= 11 is 0. The minimum Gasteiger partial charge on any atom is -0.451 e. The molecular weight excluding hydrogens is 314 g/mol. The van der Waals surface area contributed by atoms with Crippen molar-refractivity contribution < 1.29 is 18.8 Å². The number of carbonyl (C=O) groups is 1. The van der Waals surface area contributed by atoms with Crippen LogP contribution in [0, 0.1) is 0 Å². The molecule has 0 rings (SSSR count). The number of unbranched alkanes of at least 4 members (excludes halogenated alkanes) is 9. The van der Waals surface area contributed by atoms with Crippen LogP contribution >= 0.6 is 0 Å². The molecule has 0 saturated heterocycles. The number of quaternary nitrogens is 1. The number of likely N-dealkylation sites (N-methyl/N-ethyl adjacent to an activating group) is 1. The lowest BCUT2D eigenvalue weighted by Gasteiger charge is -2.28. The Morgan fingerprint density at radius 1 is 0.960 bits per heavy atom. The molecule has 4 heteroatoms. The van der Waals surface area contributed by atoms with Crippen LogP contribution in [-0.4, -0.2) is 57.5 Å². The molecule has 0 aliphatic carbocycles. The third-order valence-corrected chi connectivity index (χ3v) is 4.15. The summed E-state index contributed by atoms with van der Waals surface area (Å²) < 4.78 is 11.8. The smallest absolute Gasteiger partial charge is 0.330 e. The van der Waals surface area contributed by atoms with Gasteiger partial charge in [-0.2, -0.15) is 0 Å². The minimum atomic E-state index is -0.374. The highest BCUT2D eigenvalue weighted by Gasteiger charge is 2.21. The second-order valence-electron chi connectivity index (χ2n) is 7.99. The van der Waals surface area contributed by atoms with Gasteiger partial charge in [0.05, 0.1) is 27.7 Å². The van der Waals surface area contributed by atoms with Gasteiger partial charge < -0.3 is 14.0 Å². The topological polar surface area (TPSA) is 35.5 Å². The Morgan fingerprint density at radius 2 is 1.48 bits per heavy atom. The first-order valence-corrected chi connectivity index (χ1v) is 10.1. The van der Waals surface area contributed by atoms with Gasteiger partial charge in [-0.25, -0.2) is 4.79 Å². The molecule has 148 valence electrons. The Morgan fingerprint density at radius 3 is 1.96 bits per heavy atom. The van der Waals surface area contributed by atoms with Crippen LogP contribution in [0.2, 0.25) is 0 Å². The number of ether oxygens (including phenoxy) is 2. The van der Waals surface area contributed by atoms with E-state index in [0.29, 0.717) is 6.61 Å². The van der Waals surface area contributed by atoms with Crippen LogP contribution in [0.5, 0.6) is 0 Å². The maximum atomic E-state index is 11.4. The molecule has 4 nitrogen and oxygen atoms in total. The van der Waals surface area contributed by atoms with Gasteiger partial charge >= 0.3 is 5.97 Å². The molecule has 0 N–H and O–H groups in total. The molecule has 0 fully saturated rings. The Balaban J connectivity index is 3.64. The fourth-order valence-corrected chi connectivity index (χ4v) is 2.85. The van der Waals surface area contributed by atoms with E-state index in [2.05, 4.69) is 34.6 Å². The second kappa shape index (κ2) is 15.4. The molecule has 0 spiro atoms. The highest BCUT2D eigenvalue weighted by Crippen LogP contribution is 2.10. The number of hydrogen-bond donors (Lipinski definition) is 0. The van der Waals surface area contributed by atoms with Crippen LogP contribution in [0.1, 0.15) is 71.1 Å². The molecule has 0 aromatic rings. The van der Waals surface area contributed by atoms with E-state index in [1.165, 1.54) is 63.9 Å². The quantitative estimate of drug-likeness (QED) is 0.164. The van der Waals surface area contributed by atoms with Crippen LogP contribution in [0.3, 0.4) is 0 Å². The van der Waals surface area contributed by atoms with Gasteiger partial charge in [-0.05, 0) is 6.42 Å². The highest BCUT2D eigenvalue weighted by atomic mass is 16.6. The molecule has 0 aromatic heterocycles. The van der Waals surface area contributed by atoms with Gasteiger partial charge in [0.2, 0.25) is 0 Å². The fourth-order valence-electron chi connectivity index (χ4n) is 2.85. The van der Waals surface area contributed by atoms with Gasteiger partial charge in [0.25, 0.3) is 0 Å². The number of carbonyl (C=O) groups excluding carboxylic acids is 1. The van der Waals surface area contributed by atoms with Crippen molar-refractivity contribution >= 4 is 5.97 Å². The van der Waals surface area contributed by atoms with Crippen molar-refractivity contribution in [3.63, 3.8) is 0 Å². The van der Waals surface area contributed by atoms with Gasteiger partial charge in [0.1, 0.15) is 6.54 Å². The average Bonchev–Trinajstić information content (AvgIpc) is 2.54. The fraction of sp³-hybridized carbons (Fsp3) is 0.857. The van der Waals surface area contributed by atoms with E-state index in [4.69, 9.17) is 9.47 Å². The molecule has 0 radical (unpaired) electrons. The van der Waals surface area contributed by atoms with Gasteiger partial charge in [-0.1, -0.05) is 71.3 Å². The van der Waals surface area contributed by atoms with E-state index < -0.39 is 0 Å². The lowest BCUT2D eigenvalue weighted by atomic mass is 10.1. The molecular formula is C21H42NO3+. The van der Waals surface area contributed by atoms with Gasteiger partial charge in [0, 0.05) is 12.7 Å². The third-order valence-electron chi connectivity index (χ3n) is 4.15. The summed E-state index contributed by atoms with van der Waals surface area (Å²) in [5.41, 5.74) is 0. The lowest BCUT2D eigenvalue weighted by molar-refractivity contribution is -0.873. The van der Waals surface area contributed by atoms with E-state index in [0.717, 1.165) is 24.1 Å². The van der Waals surface area contributed by atoms with E-state index in [1.807, 2.05) is 0 Å². The zero-order valence-corrected chi connectivity index (χ0v) is 17.2. The first kappa shape index (κ1) is 24.1. The van der Waals surface area contributed by atoms with Crippen molar-refractivity contribution in [3.05, 3.63) is 12.7 Å². The molecule has 1 unspecified atom stereocenters. The minimum absolute atomic E-state index is 0.214. The molecule has 0 heterocycles. The molecule has 0 aromatic carbocycles. The van der Waals surface area contributed by atoms with Crippen LogP contribution in [0.25, 0.3) is 0 Å². The second-order valence-corrected chi connectivity index (χ2v) is 7.99. The van der Waals surface area contributed by atoms with Crippen molar-refractivity contribution in [1.29, 1.82) is 0 Å². The van der Waals surface area contributed by atoms with Gasteiger partial charge in [-0.3, -0.25) is 0 Å². The van der Waals surface area contributed by atoms with E-state index in [9.17, 15) is 4.79 Å². The number of rotatable bonds is 17. The summed E-state index contributed by atoms with van der Waals surface area (Å²) in [6, 6.07) is 0. The number of esters is 1.